The van der Waals surface area contributed by atoms with Gasteiger partial charge in [-0.1, -0.05) is 17.7 Å². The summed E-state index contributed by atoms with van der Waals surface area (Å²) in [7, 11) is 1.56. The lowest BCUT2D eigenvalue weighted by Gasteiger charge is -2.04. The first-order valence-corrected chi connectivity index (χ1v) is 7.42. The summed E-state index contributed by atoms with van der Waals surface area (Å²) < 4.78 is 10.6. The number of aromatic nitrogens is 1. The van der Waals surface area contributed by atoms with Crippen LogP contribution in [0.5, 0.6) is 5.88 Å². The highest BCUT2D eigenvalue weighted by atomic mass is 35.5. The predicted octanol–water partition coefficient (Wildman–Crippen LogP) is 3.73. The Bertz CT molecular complexity index is 856. The molecule has 1 aromatic carbocycles. The van der Waals surface area contributed by atoms with Crippen LogP contribution in [0.25, 0.3) is 11.0 Å². The lowest BCUT2D eigenvalue weighted by atomic mass is 10.1. The van der Waals surface area contributed by atoms with Crippen molar-refractivity contribution in [2.75, 3.05) is 7.11 Å². The SMILES string of the molecule is COc1ccc(CNC(=O)c2oc3ccc(Cl)cc3c2C)cn1. The Balaban J connectivity index is 1.76. The highest BCUT2D eigenvalue weighted by molar-refractivity contribution is 6.31. The summed E-state index contributed by atoms with van der Waals surface area (Å²) in [6.45, 7) is 2.19. The smallest absolute Gasteiger partial charge is 0.287 e. The third-order valence-corrected chi connectivity index (χ3v) is 3.80. The van der Waals surface area contributed by atoms with Crippen molar-refractivity contribution in [3.63, 3.8) is 0 Å². The van der Waals surface area contributed by atoms with Crippen LogP contribution >= 0.6 is 11.6 Å². The molecule has 0 atom stereocenters. The van der Waals surface area contributed by atoms with Gasteiger partial charge in [0.2, 0.25) is 5.88 Å². The second kappa shape index (κ2) is 6.30. The van der Waals surface area contributed by atoms with Crippen molar-refractivity contribution in [3.8, 4) is 5.88 Å². The van der Waals surface area contributed by atoms with Gasteiger partial charge in [0.15, 0.2) is 5.76 Å². The van der Waals surface area contributed by atoms with Gasteiger partial charge in [0.1, 0.15) is 5.58 Å². The van der Waals surface area contributed by atoms with Crippen LogP contribution in [0, 0.1) is 6.92 Å². The molecule has 1 N–H and O–H groups in total. The van der Waals surface area contributed by atoms with Crippen molar-refractivity contribution in [2.45, 2.75) is 13.5 Å². The molecule has 0 aliphatic rings. The molecule has 3 rings (SSSR count). The van der Waals surface area contributed by atoms with Crippen molar-refractivity contribution in [3.05, 3.63) is 58.4 Å². The molecule has 2 aromatic heterocycles. The normalized spacial score (nSPS) is 10.7. The second-order valence-corrected chi connectivity index (χ2v) is 5.52. The molecule has 2 heterocycles. The van der Waals surface area contributed by atoms with Crippen LogP contribution in [0.2, 0.25) is 5.02 Å². The van der Waals surface area contributed by atoms with Crippen LogP contribution in [0.15, 0.2) is 40.9 Å². The maximum atomic E-state index is 12.3. The minimum Gasteiger partial charge on any atom is -0.481 e. The summed E-state index contributed by atoms with van der Waals surface area (Å²) in [6.07, 6.45) is 1.66. The molecule has 1 amide bonds. The lowest BCUT2D eigenvalue weighted by molar-refractivity contribution is 0.0924. The van der Waals surface area contributed by atoms with Crippen LogP contribution in [0.1, 0.15) is 21.7 Å². The summed E-state index contributed by atoms with van der Waals surface area (Å²) >= 11 is 5.99. The molecule has 0 unspecified atom stereocenters. The van der Waals surface area contributed by atoms with Crippen molar-refractivity contribution < 1.29 is 13.9 Å². The Kier molecular flexibility index (Phi) is 4.21. The molecule has 118 valence electrons. The fraction of sp³-hybridized carbons (Fsp3) is 0.176. The lowest BCUT2D eigenvalue weighted by Crippen LogP contribution is -2.23. The van der Waals surface area contributed by atoms with E-state index < -0.39 is 0 Å². The summed E-state index contributed by atoms with van der Waals surface area (Å²) in [6, 6.07) is 8.87. The first kappa shape index (κ1) is 15.4. The zero-order chi connectivity index (χ0) is 16.4. The van der Waals surface area contributed by atoms with Gasteiger partial charge in [0.05, 0.1) is 7.11 Å². The summed E-state index contributed by atoms with van der Waals surface area (Å²) in [5, 5.41) is 4.27. The van der Waals surface area contributed by atoms with Crippen molar-refractivity contribution >= 4 is 28.5 Å². The zero-order valence-corrected chi connectivity index (χ0v) is 13.5. The molecule has 0 aliphatic carbocycles. The van der Waals surface area contributed by atoms with Crippen molar-refractivity contribution in [1.82, 2.24) is 10.3 Å². The molecule has 0 aliphatic heterocycles. The minimum atomic E-state index is -0.273. The molecule has 0 saturated carbocycles. The average molecular weight is 331 g/mol. The Labute approximate surface area is 138 Å². The number of hydrogen-bond donors (Lipinski definition) is 1. The van der Waals surface area contributed by atoms with Crippen LogP contribution in [-0.4, -0.2) is 18.0 Å². The van der Waals surface area contributed by atoms with Gasteiger partial charge in [0.25, 0.3) is 5.91 Å². The molecule has 6 heteroatoms. The van der Waals surface area contributed by atoms with E-state index in [1.165, 1.54) is 0 Å². The van der Waals surface area contributed by atoms with E-state index in [0.29, 0.717) is 28.8 Å². The maximum Gasteiger partial charge on any atom is 0.287 e. The molecule has 5 nitrogen and oxygen atoms in total. The number of carbonyl (C=O) groups excluding carboxylic acids is 1. The topological polar surface area (TPSA) is 64.4 Å². The maximum absolute atomic E-state index is 12.3. The number of aryl methyl sites for hydroxylation is 1. The third-order valence-electron chi connectivity index (χ3n) is 3.56. The number of benzene rings is 1. The second-order valence-electron chi connectivity index (χ2n) is 5.09. The molecular formula is C17H15ClN2O3. The van der Waals surface area contributed by atoms with Crippen molar-refractivity contribution in [2.24, 2.45) is 0 Å². The van der Waals surface area contributed by atoms with Crippen molar-refractivity contribution in [1.29, 1.82) is 0 Å². The number of fused-ring (bicyclic) bond motifs is 1. The van der Waals surface area contributed by atoms with Gasteiger partial charge >= 0.3 is 0 Å². The number of pyridine rings is 1. The van der Waals surface area contributed by atoms with E-state index in [1.54, 1.807) is 37.6 Å². The molecule has 0 bridgehead atoms. The number of nitrogens with one attached hydrogen (secondary N) is 1. The summed E-state index contributed by atoms with van der Waals surface area (Å²) in [4.78, 5) is 16.4. The number of ether oxygens (including phenoxy) is 1. The van der Waals surface area contributed by atoms with Crippen LogP contribution in [0.4, 0.5) is 0 Å². The molecule has 3 aromatic rings. The molecule has 0 saturated heterocycles. The fourth-order valence-corrected chi connectivity index (χ4v) is 2.48. The van der Waals surface area contributed by atoms with Crippen LogP contribution in [0.3, 0.4) is 0 Å². The van der Waals surface area contributed by atoms with Gasteiger partial charge in [-0.2, -0.15) is 0 Å². The van der Waals surface area contributed by atoms with E-state index in [1.807, 2.05) is 13.0 Å². The first-order valence-electron chi connectivity index (χ1n) is 7.04. The van der Waals surface area contributed by atoms with Gasteiger partial charge in [-0.3, -0.25) is 4.79 Å². The highest BCUT2D eigenvalue weighted by Gasteiger charge is 2.17. The number of amides is 1. The number of halogens is 1. The van der Waals surface area contributed by atoms with Gasteiger partial charge in [-0.05, 0) is 30.7 Å². The Morgan fingerprint density at radius 2 is 2.17 bits per heavy atom. The number of furan rings is 1. The van der Waals surface area contributed by atoms with Gasteiger partial charge in [0, 0.05) is 34.8 Å². The fourth-order valence-electron chi connectivity index (χ4n) is 2.31. The molecule has 0 radical (unpaired) electrons. The molecule has 0 fully saturated rings. The Morgan fingerprint density at radius 1 is 1.35 bits per heavy atom. The Morgan fingerprint density at radius 3 is 2.87 bits per heavy atom. The third kappa shape index (κ3) is 3.14. The summed E-state index contributed by atoms with van der Waals surface area (Å²) in [5.41, 5.74) is 2.28. The highest BCUT2D eigenvalue weighted by Crippen LogP contribution is 2.27. The Hall–Kier alpha value is -2.53. The molecule has 0 spiro atoms. The van der Waals surface area contributed by atoms with Gasteiger partial charge in [-0.15, -0.1) is 0 Å². The number of hydrogen-bond acceptors (Lipinski definition) is 4. The van der Waals surface area contributed by atoms with Crippen LogP contribution < -0.4 is 10.1 Å². The van der Waals surface area contributed by atoms with E-state index in [4.69, 9.17) is 20.8 Å². The van der Waals surface area contributed by atoms with Crippen LogP contribution in [-0.2, 0) is 6.54 Å². The number of carbonyl (C=O) groups is 1. The number of nitrogens with zero attached hydrogens (tertiary/aromatic N) is 1. The quantitative estimate of drug-likeness (QED) is 0.791. The van der Waals surface area contributed by atoms with E-state index in [-0.39, 0.29) is 5.91 Å². The molecule has 23 heavy (non-hydrogen) atoms. The number of rotatable bonds is 4. The number of methoxy groups -OCH3 is 1. The van der Waals surface area contributed by atoms with E-state index in [2.05, 4.69) is 10.3 Å². The van der Waals surface area contributed by atoms with E-state index >= 15 is 0 Å². The van der Waals surface area contributed by atoms with Gasteiger partial charge < -0.3 is 14.5 Å². The van der Waals surface area contributed by atoms with Gasteiger partial charge in [-0.25, -0.2) is 4.98 Å². The predicted molar refractivity (Wildman–Crippen MR) is 87.9 cm³/mol. The largest absolute Gasteiger partial charge is 0.481 e. The zero-order valence-electron chi connectivity index (χ0n) is 12.7. The summed E-state index contributed by atoms with van der Waals surface area (Å²) in [5.74, 6) is 0.555. The minimum absolute atomic E-state index is 0.273. The average Bonchev–Trinajstić information content (AvgIpc) is 2.90. The van der Waals surface area contributed by atoms with E-state index in [0.717, 1.165) is 16.5 Å². The van der Waals surface area contributed by atoms with E-state index in [9.17, 15) is 4.79 Å². The molecular weight excluding hydrogens is 316 g/mol. The standard InChI is InChI=1S/C17H15ClN2O3/c1-10-13-7-12(18)4-5-14(13)23-16(10)17(21)20-9-11-3-6-15(22-2)19-8-11/h3-8H,9H2,1-2H3,(H,20,21). The first-order chi connectivity index (χ1) is 11.1. The monoisotopic (exact) mass is 330 g/mol.